The van der Waals surface area contributed by atoms with Gasteiger partial charge in [0.1, 0.15) is 5.82 Å². The number of aromatic amines is 1. The molecule has 0 atom stereocenters. The van der Waals surface area contributed by atoms with Gasteiger partial charge in [-0.05, 0) is 19.1 Å². The molecule has 0 aliphatic heterocycles. The molecule has 0 amide bonds. The first-order valence-electron chi connectivity index (χ1n) is 5.43. The predicted octanol–water partition coefficient (Wildman–Crippen LogP) is 0.918. The normalized spacial score (nSPS) is 11.7. The Balaban J connectivity index is 2.24. The Bertz CT molecular complexity index is 660. The zero-order chi connectivity index (χ0) is 14.0. The zero-order valence-corrected chi connectivity index (χ0v) is 11.0. The number of H-pyrrole nitrogens is 1. The fraction of sp³-hybridized carbons (Fsp3) is 0.182. The largest absolute Gasteiger partial charge is 0.398 e. The molecule has 0 radical (unpaired) electrons. The second-order valence-corrected chi connectivity index (χ2v) is 5.82. The first-order valence-corrected chi connectivity index (χ1v) is 6.91. The molecule has 1 aromatic carbocycles. The van der Waals surface area contributed by atoms with Crippen LogP contribution < -0.4 is 10.5 Å². The molecule has 0 unspecified atom stereocenters. The molecule has 19 heavy (non-hydrogen) atoms. The van der Waals surface area contributed by atoms with Gasteiger partial charge in [-0.2, -0.15) is 5.10 Å². The lowest BCUT2D eigenvalue weighted by Crippen LogP contribution is -2.23. The Morgan fingerprint density at radius 2 is 2.21 bits per heavy atom. The van der Waals surface area contributed by atoms with Crippen LogP contribution in [0.25, 0.3) is 0 Å². The molecule has 0 aliphatic carbocycles. The predicted molar refractivity (Wildman–Crippen MR) is 68.2 cm³/mol. The molecule has 0 aliphatic rings. The highest BCUT2D eigenvalue weighted by Gasteiger charge is 2.17. The first-order chi connectivity index (χ1) is 8.90. The van der Waals surface area contributed by atoms with Gasteiger partial charge < -0.3 is 5.73 Å². The lowest BCUT2D eigenvalue weighted by atomic mass is 10.2. The summed E-state index contributed by atoms with van der Waals surface area (Å²) in [5.41, 5.74) is 6.56. The van der Waals surface area contributed by atoms with Crippen molar-refractivity contribution in [2.45, 2.75) is 18.4 Å². The molecule has 0 bridgehead atoms. The van der Waals surface area contributed by atoms with Gasteiger partial charge in [0.25, 0.3) is 0 Å². The monoisotopic (exact) mass is 284 g/mol. The number of nitrogens with two attached hydrogens (primary N) is 1. The quantitative estimate of drug-likeness (QED) is 0.727. The smallest absolute Gasteiger partial charge is 0.241 e. The SMILES string of the molecule is Cc1c(N)cc(S(=O)(=O)NCc2cn[nH]c2)cc1F. The maximum absolute atomic E-state index is 13.5. The Morgan fingerprint density at radius 3 is 2.79 bits per heavy atom. The molecular formula is C11H13FN4O2S. The second kappa shape index (κ2) is 4.98. The minimum absolute atomic E-state index is 0.0637. The summed E-state index contributed by atoms with van der Waals surface area (Å²) < 4.78 is 39.8. The van der Waals surface area contributed by atoms with E-state index in [0.29, 0.717) is 5.56 Å². The van der Waals surface area contributed by atoms with E-state index in [1.807, 2.05) is 0 Å². The highest BCUT2D eigenvalue weighted by Crippen LogP contribution is 2.20. The molecule has 8 heteroatoms. The maximum Gasteiger partial charge on any atom is 0.241 e. The van der Waals surface area contributed by atoms with Crippen LogP contribution in [-0.2, 0) is 16.6 Å². The third-order valence-corrected chi connectivity index (χ3v) is 4.07. The minimum Gasteiger partial charge on any atom is -0.398 e. The van der Waals surface area contributed by atoms with E-state index < -0.39 is 15.8 Å². The summed E-state index contributed by atoms with van der Waals surface area (Å²) in [7, 11) is -3.81. The van der Waals surface area contributed by atoms with Gasteiger partial charge in [-0.1, -0.05) is 0 Å². The van der Waals surface area contributed by atoms with Crippen LogP contribution in [0, 0.1) is 12.7 Å². The van der Waals surface area contributed by atoms with Crippen molar-refractivity contribution >= 4 is 15.7 Å². The third kappa shape index (κ3) is 2.91. The van der Waals surface area contributed by atoms with Gasteiger partial charge >= 0.3 is 0 Å². The molecule has 4 N–H and O–H groups in total. The third-order valence-electron chi connectivity index (χ3n) is 2.69. The van der Waals surface area contributed by atoms with E-state index in [4.69, 9.17) is 5.73 Å². The van der Waals surface area contributed by atoms with Crippen molar-refractivity contribution in [3.05, 3.63) is 41.5 Å². The van der Waals surface area contributed by atoms with E-state index in [2.05, 4.69) is 14.9 Å². The summed E-state index contributed by atoms with van der Waals surface area (Å²) in [6.45, 7) is 1.55. The molecule has 2 aromatic rings. The number of aromatic nitrogens is 2. The Labute approximate surface area is 109 Å². The molecule has 0 saturated heterocycles. The van der Waals surface area contributed by atoms with Crippen LogP contribution in [0.3, 0.4) is 0 Å². The van der Waals surface area contributed by atoms with Gasteiger partial charge in [-0.25, -0.2) is 17.5 Å². The van der Waals surface area contributed by atoms with Crippen molar-refractivity contribution in [1.29, 1.82) is 0 Å². The number of nitrogen functional groups attached to an aromatic ring is 1. The second-order valence-electron chi connectivity index (χ2n) is 4.05. The van der Waals surface area contributed by atoms with Crippen molar-refractivity contribution in [3.63, 3.8) is 0 Å². The van der Waals surface area contributed by atoms with Gasteiger partial charge in [0.2, 0.25) is 10.0 Å². The zero-order valence-electron chi connectivity index (χ0n) is 10.1. The van der Waals surface area contributed by atoms with Crippen LogP contribution in [0.1, 0.15) is 11.1 Å². The highest BCUT2D eigenvalue weighted by molar-refractivity contribution is 7.89. The number of benzene rings is 1. The van der Waals surface area contributed by atoms with Gasteiger partial charge in [-0.3, -0.25) is 5.10 Å². The Kier molecular flexibility index (Phi) is 3.54. The molecule has 102 valence electrons. The summed E-state index contributed by atoms with van der Waals surface area (Å²) in [5.74, 6) is -0.649. The molecule has 6 nitrogen and oxygen atoms in total. The van der Waals surface area contributed by atoms with Gasteiger partial charge in [0.05, 0.1) is 11.1 Å². The van der Waals surface area contributed by atoms with Crippen LogP contribution in [0.15, 0.2) is 29.4 Å². The molecule has 0 fully saturated rings. The average Bonchev–Trinajstić information content (AvgIpc) is 2.86. The fourth-order valence-electron chi connectivity index (χ4n) is 1.47. The van der Waals surface area contributed by atoms with Crippen molar-refractivity contribution < 1.29 is 12.8 Å². The number of rotatable bonds is 4. The topological polar surface area (TPSA) is 101 Å². The number of sulfonamides is 1. The van der Waals surface area contributed by atoms with Crippen molar-refractivity contribution in [2.24, 2.45) is 0 Å². The van der Waals surface area contributed by atoms with Gasteiger partial charge in [0, 0.05) is 29.6 Å². The first kappa shape index (κ1) is 13.5. The molecule has 0 spiro atoms. The van der Waals surface area contributed by atoms with Crippen LogP contribution in [0.5, 0.6) is 0 Å². The van der Waals surface area contributed by atoms with Gasteiger partial charge in [0.15, 0.2) is 0 Å². The number of halogens is 1. The standard InChI is InChI=1S/C11H13FN4O2S/c1-7-10(12)2-9(3-11(7)13)19(17,18)16-6-8-4-14-15-5-8/h2-5,16H,6,13H2,1H3,(H,14,15). The maximum atomic E-state index is 13.5. The lowest BCUT2D eigenvalue weighted by Gasteiger charge is -2.08. The van der Waals surface area contributed by atoms with E-state index in [-0.39, 0.29) is 22.7 Å². The summed E-state index contributed by atoms with van der Waals surface area (Å²) in [6.07, 6.45) is 3.05. The van der Waals surface area contributed by atoms with Crippen LogP contribution >= 0.6 is 0 Å². The fourth-order valence-corrected chi connectivity index (χ4v) is 2.53. The van der Waals surface area contributed by atoms with Crippen molar-refractivity contribution in [3.8, 4) is 0 Å². The minimum atomic E-state index is -3.81. The van der Waals surface area contributed by atoms with E-state index in [1.165, 1.54) is 19.2 Å². The molecule has 1 heterocycles. The Hall–Kier alpha value is -1.93. The number of anilines is 1. The summed E-state index contributed by atoms with van der Waals surface area (Å²) in [6, 6.07) is 2.18. The molecule has 0 saturated carbocycles. The molecular weight excluding hydrogens is 271 g/mol. The summed E-state index contributed by atoms with van der Waals surface area (Å²) >= 11 is 0. The van der Waals surface area contributed by atoms with Crippen LogP contribution in [0.2, 0.25) is 0 Å². The number of hydrogen-bond donors (Lipinski definition) is 3. The molecule has 1 aromatic heterocycles. The van der Waals surface area contributed by atoms with E-state index in [1.54, 1.807) is 6.20 Å². The Morgan fingerprint density at radius 1 is 1.47 bits per heavy atom. The van der Waals surface area contributed by atoms with E-state index in [0.717, 1.165) is 6.07 Å². The van der Waals surface area contributed by atoms with Crippen molar-refractivity contribution in [1.82, 2.24) is 14.9 Å². The number of nitrogens with one attached hydrogen (secondary N) is 2. The van der Waals surface area contributed by atoms with Gasteiger partial charge in [-0.15, -0.1) is 0 Å². The summed E-state index contributed by atoms with van der Waals surface area (Å²) in [4.78, 5) is -0.198. The number of nitrogens with zero attached hydrogens (tertiary/aromatic N) is 1. The van der Waals surface area contributed by atoms with E-state index >= 15 is 0 Å². The average molecular weight is 284 g/mol. The van der Waals surface area contributed by atoms with E-state index in [9.17, 15) is 12.8 Å². The van der Waals surface area contributed by atoms with Crippen LogP contribution in [-0.4, -0.2) is 18.6 Å². The summed E-state index contributed by atoms with van der Waals surface area (Å²) in [5, 5.41) is 6.26. The number of hydrogen-bond acceptors (Lipinski definition) is 4. The lowest BCUT2D eigenvalue weighted by molar-refractivity contribution is 0.576. The molecule has 2 rings (SSSR count). The highest BCUT2D eigenvalue weighted by atomic mass is 32.2. The van der Waals surface area contributed by atoms with Crippen LogP contribution in [0.4, 0.5) is 10.1 Å². The van der Waals surface area contributed by atoms with Crippen molar-refractivity contribution in [2.75, 3.05) is 5.73 Å².